The number of carbonyl (C=O) groups excluding carboxylic acids is 1. The van der Waals surface area contributed by atoms with Crippen molar-refractivity contribution >= 4 is 73.5 Å². The first-order valence-corrected chi connectivity index (χ1v) is 14.7. The first-order valence-electron chi connectivity index (χ1n) is 10.8. The van der Waals surface area contributed by atoms with Gasteiger partial charge in [-0.1, -0.05) is 42.2 Å². The number of nitro groups is 1. The molecule has 0 aliphatic carbocycles. The normalized spacial score (nSPS) is 14.7. The van der Waals surface area contributed by atoms with Crippen molar-refractivity contribution in [3.63, 3.8) is 0 Å². The number of hydrogen-bond acceptors (Lipinski definition) is 10. The van der Waals surface area contributed by atoms with Gasteiger partial charge in [-0.2, -0.15) is 8.42 Å². The zero-order chi connectivity index (χ0) is 27.6. The van der Waals surface area contributed by atoms with E-state index >= 15 is 0 Å². The molecule has 0 radical (unpaired) electrons. The van der Waals surface area contributed by atoms with Gasteiger partial charge in [0.05, 0.1) is 22.6 Å². The Balaban J connectivity index is 1.60. The average Bonchev–Trinajstić information content (AvgIpc) is 3.16. The standard InChI is InChI=1S/C25H20N2O7S4/c1-15-7-9-19(14-20(15)27(29)30)38(31,32)34-21-10-8-16(11-22(21)33-2)12-23-24(28)26(25(35)37-23)17-5-4-6-18(13-17)36-3/h4-14H,1-3H3/b23-12-. The predicted octanol–water partition coefficient (Wildman–Crippen LogP) is 5.81. The molecule has 9 nitrogen and oxygen atoms in total. The van der Waals surface area contributed by atoms with Crippen LogP contribution >= 0.6 is 35.7 Å². The van der Waals surface area contributed by atoms with Crippen molar-refractivity contribution in [3.8, 4) is 11.5 Å². The Morgan fingerprint density at radius 3 is 2.55 bits per heavy atom. The molecule has 1 aliphatic heterocycles. The van der Waals surface area contributed by atoms with E-state index in [0.717, 1.165) is 22.7 Å². The van der Waals surface area contributed by atoms with Gasteiger partial charge in [0, 0.05) is 16.5 Å². The van der Waals surface area contributed by atoms with Gasteiger partial charge in [-0.15, -0.1) is 11.8 Å². The van der Waals surface area contributed by atoms with Crippen LogP contribution in [0.15, 0.2) is 75.4 Å². The molecule has 1 amide bonds. The molecule has 3 aromatic carbocycles. The molecule has 196 valence electrons. The summed E-state index contributed by atoms with van der Waals surface area (Å²) < 4.78 is 36.6. The maximum absolute atomic E-state index is 13.1. The molecular formula is C25H20N2O7S4. The number of rotatable bonds is 8. The molecule has 1 fully saturated rings. The van der Waals surface area contributed by atoms with Crippen LogP contribution in [0.1, 0.15) is 11.1 Å². The lowest BCUT2D eigenvalue weighted by Gasteiger charge is -2.15. The summed E-state index contributed by atoms with van der Waals surface area (Å²) in [5.41, 5.74) is 1.20. The minimum atomic E-state index is -4.40. The Kier molecular flexibility index (Phi) is 8.11. The van der Waals surface area contributed by atoms with Gasteiger partial charge < -0.3 is 8.92 Å². The van der Waals surface area contributed by atoms with Crippen LogP contribution in [0.4, 0.5) is 11.4 Å². The number of nitro benzene ring substituents is 1. The lowest BCUT2D eigenvalue weighted by molar-refractivity contribution is -0.385. The third-order valence-corrected chi connectivity index (χ3v) is 8.71. The fourth-order valence-electron chi connectivity index (χ4n) is 3.54. The summed E-state index contributed by atoms with van der Waals surface area (Å²) in [6.45, 7) is 1.51. The predicted molar refractivity (Wildman–Crippen MR) is 153 cm³/mol. The molecule has 38 heavy (non-hydrogen) atoms. The number of thiocarbonyl (C=S) groups is 1. The largest absolute Gasteiger partial charge is 0.493 e. The van der Waals surface area contributed by atoms with Gasteiger partial charge in [-0.3, -0.25) is 19.8 Å². The minimum Gasteiger partial charge on any atom is -0.493 e. The fraction of sp³-hybridized carbons (Fsp3) is 0.120. The van der Waals surface area contributed by atoms with Gasteiger partial charge in [0.25, 0.3) is 11.6 Å². The monoisotopic (exact) mass is 588 g/mol. The number of nitrogens with zero attached hydrogens (tertiary/aromatic N) is 2. The number of methoxy groups -OCH3 is 1. The highest BCUT2D eigenvalue weighted by atomic mass is 32.2. The van der Waals surface area contributed by atoms with Crippen LogP contribution < -0.4 is 13.8 Å². The van der Waals surface area contributed by atoms with Crippen LogP contribution in [-0.2, 0) is 14.9 Å². The molecule has 0 aromatic heterocycles. The summed E-state index contributed by atoms with van der Waals surface area (Å²) in [4.78, 5) is 26.2. The van der Waals surface area contributed by atoms with Crippen molar-refractivity contribution in [2.45, 2.75) is 16.7 Å². The first kappa shape index (κ1) is 27.6. The molecule has 0 N–H and O–H groups in total. The fourth-order valence-corrected chi connectivity index (χ4v) is 6.26. The summed E-state index contributed by atoms with van der Waals surface area (Å²) in [7, 11) is -3.06. The highest BCUT2D eigenvalue weighted by Gasteiger charge is 2.33. The number of anilines is 1. The van der Waals surface area contributed by atoms with E-state index in [2.05, 4.69) is 0 Å². The molecule has 0 bridgehead atoms. The summed E-state index contributed by atoms with van der Waals surface area (Å²) in [5, 5.41) is 11.2. The molecule has 1 heterocycles. The molecule has 3 aromatic rings. The SMILES string of the molecule is COc1cc(/C=C2\SC(=S)N(c3cccc(SC)c3)C2=O)ccc1OS(=O)(=O)c1ccc(C)c([N+](=O)[O-])c1. The molecule has 0 spiro atoms. The number of hydrogen-bond donors (Lipinski definition) is 0. The Bertz CT molecular complexity index is 1600. The molecule has 1 saturated heterocycles. The van der Waals surface area contributed by atoms with Crippen LogP contribution in [0.3, 0.4) is 0 Å². The quantitative estimate of drug-likeness (QED) is 0.0797. The first-order chi connectivity index (χ1) is 18.0. The van der Waals surface area contributed by atoms with Crippen LogP contribution in [0.5, 0.6) is 11.5 Å². The molecule has 1 aliphatic rings. The highest BCUT2D eigenvalue weighted by Crippen LogP contribution is 2.38. The summed E-state index contributed by atoms with van der Waals surface area (Å²) in [5.74, 6) is -0.303. The second-order valence-corrected chi connectivity index (χ2v) is 12.0. The van der Waals surface area contributed by atoms with Crippen molar-refractivity contribution < 1.29 is 27.1 Å². The second kappa shape index (κ2) is 11.2. The number of carbonyl (C=O) groups is 1. The van der Waals surface area contributed by atoms with Crippen molar-refractivity contribution in [1.82, 2.24) is 0 Å². The van der Waals surface area contributed by atoms with Crippen LogP contribution in [-0.4, -0.2) is 36.9 Å². The molecule has 0 saturated carbocycles. The van der Waals surface area contributed by atoms with E-state index < -0.39 is 15.0 Å². The van der Waals surface area contributed by atoms with Crippen molar-refractivity contribution in [2.75, 3.05) is 18.3 Å². The smallest absolute Gasteiger partial charge is 0.339 e. The lowest BCUT2D eigenvalue weighted by atomic mass is 10.2. The Hall–Kier alpha value is -3.39. The zero-order valence-corrected chi connectivity index (χ0v) is 23.5. The van der Waals surface area contributed by atoms with Crippen LogP contribution in [0.2, 0.25) is 0 Å². The Morgan fingerprint density at radius 2 is 1.87 bits per heavy atom. The van der Waals surface area contributed by atoms with E-state index in [-0.39, 0.29) is 28.0 Å². The molecule has 0 unspecified atom stereocenters. The molecule has 13 heteroatoms. The van der Waals surface area contributed by atoms with E-state index in [4.69, 9.17) is 21.1 Å². The molecular weight excluding hydrogens is 569 g/mol. The van der Waals surface area contributed by atoms with Crippen molar-refractivity contribution in [2.24, 2.45) is 0 Å². The Labute approximate surface area is 233 Å². The average molecular weight is 589 g/mol. The lowest BCUT2D eigenvalue weighted by Crippen LogP contribution is -2.27. The molecule has 0 atom stereocenters. The third kappa shape index (κ3) is 5.70. The van der Waals surface area contributed by atoms with Crippen LogP contribution in [0, 0.1) is 17.0 Å². The van der Waals surface area contributed by atoms with Gasteiger partial charge >= 0.3 is 10.1 Å². The second-order valence-electron chi connectivity index (χ2n) is 7.87. The van der Waals surface area contributed by atoms with Crippen molar-refractivity contribution in [3.05, 3.63) is 86.8 Å². The number of aryl methyl sites for hydroxylation is 1. The van der Waals surface area contributed by atoms with E-state index in [1.807, 2.05) is 30.5 Å². The zero-order valence-electron chi connectivity index (χ0n) is 20.2. The highest BCUT2D eigenvalue weighted by molar-refractivity contribution is 8.27. The van der Waals surface area contributed by atoms with Gasteiger partial charge in [-0.25, -0.2) is 0 Å². The van der Waals surface area contributed by atoms with Crippen molar-refractivity contribution in [1.29, 1.82) is 0 Å². The summed E-state index contributed by atoms with van der Waals surface area (Å²) >= 11 is 8.16. The summed E-state index contributed by atoms with van der Waals surface area (Å²) in [6.07, 6.45) is 3.57. The topological polar surface area (TPSA) is 116 Å². The minimum absolute atomic E-state index is 0.0899. The number of amides is 1. The number of thioether (sulfide) groups is 2. The number of benzene rings is 3. The molecule has 4 rings (SSSR count). The van der Waals surface area contributed by atoms with Gasteiger partial charge in [0.15, 0.2) is 15.8 Å². The maximum atomic E-state index is 13.1. The van der Waals surface area contributed by atoms with E-state index in [1.54, 1.807) is 23.9 Å². The van der Waals surface area contributed by atoms with Gasteiger partial charge in [-0.05, 0) is 61.2 Å². The Morgan fingerprint density at radius 1 is 1.11 bits per heavy atom. The van der Waals surface area contributed by atoms with E-state index in [9.17, 15) is 23.3 Å². The van der Waals surface area contributed by atoms with E-state index in [1.165, 1.54) is 43.2 Å². The summed E-state index contributed by atoms with van der Waals surface area (Å²) in [6, 6.07) is 15.5. The van der Waals surface area contributed by atoms with Crippen LogP contribution in [0.25, 0.3) is 6.08 Å². The van der Waals surface area contributed by atoms with E-state index in [0.29, 0.717) is 26.0 Å². The third-order valence-electron chi connectivity index (χ3n) is 5.46. The van der Waals surface area contributed by atoms with Gasteiger partial charge in [0.1, 0.15) is 4.90 Å². The number of ether oxygens (including phenoxy) is 1. The van der Waals surface area contributed by atoms with Gasteiger partial charge in [0.2, 0.25) is 0 Å². The maximum Gasteiger partial charge on any atom is 0.339 e.